The van der Waals surface area contributed by atoms with Crippen LogP contribution >= 0.6 is 0 Å². The monoisotopic (exact) mass is 263 g/mol. The number of benzene rings is 1. The molecular weight excluding hydrogens is 246 g/mol. The van der Waals surface area contributed by atoms with Crippen molar-refractivity contribution in [3.05, 3.63) is 35.9 Å². The number of carboxylic acids is 1. The van der Waals surface area contributed by atoms with Crippen LogP contribution in [-0.4, -0.2) is 29.2 Å². The van der Waals surface area contributed by atoms with Gasteiger partial charge in [0, 0.05) is 6.61 Å². The van der Waals surface area contributed by atoms with E-state index in [9.17, 15) is 14.7 Å². The number of rotatable bonds is 4. The van der Waals surface area contributed by atoms with Gasteiger partial charge in [0.2, 0.25) is 0 Å². The second kappa shape index (κ2) is 5.40. The van der Waals surface area contributed by atoms with Gasteiger partial charge in [-0.05, 0) is 25.3 Å². The molecule has 1 aliphatic heterocycles. The molecule has 0 saturated carbocycles. The Kier molecular flexibility index (Phi) is 3.85. The lowest BCUT2D eigenvalue weighted by Crippen LogP contribution is -2.47. The van der Waals surface area contributed by atoms with Crippen LogP contribution in [0, 0.1) is 0 Å². The van der Waals surface area contributed by atoms with E-state index in [1.54, 1.807) is 37.3 Å². The van der Waals surface area contributed by atoms with Crippen LogP contribution in [0.2, 0.25) is 0 Å². The molecule has 0 radical (unpaired) electrons. The molecular formula is C14H17NO4. The molecule has 1 heterocycles. The zero-order valence-corrected chi connectivity index (χ0v) is 10.8. The zero-order chi connectivity index (χ0) is 13.9. The molecule has 5 heteroatoms. The van der Waals surface area contributed by atoms with Crippen molar-refractivity contribution < 1.29 is 19.4 Å². The zero-order valence-electron chi connectivity index (χ0n) is 10.8. The minimum Gasteiger partial charge on any atom is -0.479 e. The van der Waals surface area contributed by atoms with E-state index >= 15 is 0 Å². The summed E-state index contributed by atoms with van der Waals surface area (Å²) < 4.78 is 5.41. The van der Waals surface area contributed by atoms with Crippen molar-refractivity contribution in [1.29, 1.82) is 0 Å². The topological polar surface area (TPSA) is 75.6 Å². The van der Waals surface area contributed by atoms with Crippen LogP contribution in [0.3, 0.4) is 0 Å². The molecule has 5 nitrogen and oxygen atoms in total. The fourth-order valence-corrected chi connectivity index (χ4v) is 2.18. The molecule has 0 spiro atoms. The molecule has 1 aromatic rings. The Balaban J connectivity index is 2.14. The van der Waals surface area contributed by atoms with E-state index in [4.69, 9.17) is 4.74 Å². The van der Waals surface area contributed by atoms with Gasteiger partial charge in [0.05, 0.1) is 0 Å². The number of aliphatic carboxylic acids is 1. The summed E-state index contributed by atoms with van der Waals surface area (Å²) in [5.41, 5.74) is -0.368. The molecule has 0 aromatic heterocycles. The third kappa shape index (κ3) is 2.93. The second-order valence-electron chi connectivity index (χ2n) is 4.84. The molecule has 1 amide bonds. The first kappa shape index (κ1) is 13.5. The second-order valence-corrected chi connectivity index (χ2v) is 4.84. The Bertz CT molecular complexity index is 466. The number of nitrogens with one attached hydrogen (secondary N) is 1. The lowest BCUT2D eigenvalue weighted by molar-refractivity contribution is -0.147. The molecule has 0 bridgehead atoms. The summed E-state index contributed by atoms with van der Waals surface area (Å²) in [6.07, 6.45) is 1.42. The van der Waals surface area contributed by atoms with Crippen molar-refractivity contribution in [3.8, 4) is 0 Å². The first-order chi connectivity index (χ1) is 9.03. The van der Waals surface area contributed by atoms with Crippen LogP contribution in [0.25, 0.3) is 0 Å². The molecule has 2 atom stereocenters. The van der Waals surface area contributed by atoms with Gasteiger partial charge in [0.15, 0.2) is 6.04 Å². The predicted molar refractivity (Wildman–Crippen MR) is 68.6 cm³/mol. The summed E-state index contributed by atoms with van der Waals surface area (Å²) in [6.45, 7) is 2.23. The summed E-state index contributed by atoms with van der Waals surface area (Å²) >= 11 is 0. The minimum atomic E-state index is -1.08. The van der Waals surface area contributed by atoms with Gasteiger partial charge in [0.25, 0.3) is 5.91 Å². The standard InChI is InChI=1S/C14H17NO4/c1-14(8-5-9-19-14)13(18)15-11(12(16)17)10-6-3-2-4-7-10/h2-4,6-7,11H,5,8-9H2,1H3,(H,15,18)(H,16,17)/t11-,14?/m1/s1. The van der Waals surface area contributed by atoms with Gasteiger partial charge in [-0.1, -0.05) is 30.3 Å². The van der Waals surface area contributed by atoms with Gasteiger partial charge in [-0.25, -0.2) is 4.79 Å². The molecule has 2 rings (SSSR count). The lowest BCUT2D eigenvalue weighted by Gasteiger charge is -2.24. The molecule has 19 heavy (non-hydrogen) atoms. The van der Waals surface area contributed by atoms with E-state index in [1.807, 2.05) is 0 Å². The summed E-state index contributed by atoms with van der Waals surface area (Å²) in [5.74, 6) is -1.46. The van der Waals surface area contributed by atoms with Gasteiger partial charge >= 0.3 is 5.97 Å². The van der Waals surface area contributed by atoms with Gasteiger partial charge in [0.1, 0.15) is 5.60 Å². The quantitative estimate of drug-likeness (QED) is 0.863. The Hall–Kier alpha value is -1.88. The maximum atomic E-state index is 12.2. The van der Waals surface area contributed by atoms with E-state index in [1.165, 1.54) is 0 Å². The highest BCUT2D eigenvalue weighted by molar-refractivity contribution is 5.89. The van der Waals surface area contributed by atoms with Crippen molar-refractivity contribution in [3.63, 3.8) is 0 Å². The third-order valence-corrected chi connectivity index (χ3v) is 3.35. The number of hydrogen-bond acceptors (Lipinski definition) is 3. The average molecular weight is 263 g/mol. The number of hydrogen-bond donors (Lipinski definition) is 2. The van der Waals surface area contributed by atoms with E-state index in [0.29, 0.717) is 18.6 Å². The maximum absolute atomic E-state index is 12.2. The Morgan fingerprint density at radius 2 is 2.05 bits per heavy atom. The average Bonchev–Trinajstić information content (AvgIpc) is 2.84. The molecule has 102 valence electrons. The van der Waals surface area contributed by atoms with E-state index < -0.39 is 17.6 Å². The van der Waals surface area contributed by atoms with Crippen LogP contribution in [-0.2, 0) is 14.3 Å². The molecule has 1 aliphatic rings. The summed E-state index contributed by atoms with van der Waals surface area (Å²) in [5, 5.41) is 11.8. The Morgan fingerprint density at radius 3 is 2.58 bits per heavy atom. The fourth-order valence-electron chi connectivity index (χ4n) is 2.18. The van der Waals surface area contributed by atoms with Crippen LogP contribution < -0.4 is 5.32 Å². The van der Waals surface area contributed by atoms with Gasteiger partial charge in [-0.3, -0.25) is 4.79 Å². The molecule has 1 saturated heterocycles. The van der Waals surface area contributed by atoms with Gasteiger partial charge in [-0.2, -0.15) is 0 Å². The van der Waals surface area contributed by atoms with Crippen LogP contribution in [0.5, 0.6) is 0 Å². The highest BCUT2D eigenvalue weighted by Gasteiger charge is 2.39. The van der Waals surface area contributed by atoms with Crippen LogP contribution in [0.15, 0.2) is 30.3 Å². The highest BCUT2D eigenvalue weighted by atomic mass is 16.5. The highest BCUT2D eigenvalue weighted by Crippen LogP contribution is 2.26. The summed E-state index contributed by atoms with van der Waals surface area (Å²) in [6, 6.07) is 7.59. The van der Waals surface area contributed by atoms with Crippen molar-refractivity contribution >= 4 is 11.9 Å². The number of carboxylic acid groups (broad SMARTS) is 1. The van der Waals surface area contributed by atoms with E-state index in [-0.39, 0.29) is 5.91 Å². The maximum Gasteiger partial charge on any atom is 0.330 e. The van der Waals surface area contributed by atoms with Crippen molar-refractivity contribution in [2.45, 2.75) is 31.4 Å². The SMILES string of the molecule is CC1(C(=O)N[C@@H](C(=O)O)c2ccccc2)CCCO1. The van der Waals surface area contributed by atoms with E-state index in [0.717, 1.165) is 6.42 Å². The smallest absolute Gasteiger partial charge is 0.330 e. The van der Waals surface area contributed by atoms with Crippen molar-refractivity contribution in [2.24, 2.45) is 0 Å². The normalized spacial score (nSPS) is 23.8. The van der Waals surface area contributed by atoms with Crippen LogP contribution in [0.4, 0.5) is 0 Å². The molecule has 2 N–H and O–H groups in total. The lowest BCUT2D eigenvalue weighted by atomic mass is 10.00. The number of amides is 1. The first-order valence-corrected chi connectivity index (χ1v) is 6.25. The van der Waals surface area contributed by atoms with Crippen LogP contribution in [0.1, 0.15) is 31.4 Å². The number of carbonyl (C=O) groups excluding carboxylic acids is 1. The number of ether oxygens (including phenoxy) is 1. The summed E-state index contributed by atoms with van der Waals surface area (Å²) in [4.78, 5) is 23.5. The number of carbonyl (C=O) groups is 2. The molecule has 1 unspecified atom stereocenters. The molecule has 1 fully saturated rings. The Morgan fingerprint density at radius 1 is 1.37 bits per heavy atom. The van der Waals surface area contributed by atoms with Crippen molar-refractivity contribution in [1.82, 2.24) is 5.32 Å². The molecule has 0 aliphatic carbocycles. The first-order valence-electron chi connectivity index (χ1n) is 6.25. The van der Waals surface area contributed by atoms with Gasteiger partial charge < -0.3 is 15.2 Å². The third-order valence-electron chi connectivity index (χ3n) is 3.35. The summed E-state index contributed by atoms with van der Waals surface area (Å²) in [7, 11) is 0. The predicted octanol–water partition coefficient (Wildman–Crippen LogP) is 1.50. The van der Waals surface area contributed by atoms with Gasteiger partial charge in [-0.15, -0.1) is 0 Å². The molecule has 1 aromatic carbocycles. The van der Waals surface area contributed by atoms with E-state index in [2.05, 4.69) is 5.32 Å². The Labute approximate surface area is 111 Å². The van der Waals surface area contributed by atoms with Crippen molar-refractivity contribution in [2.75, 3.05) is 6.61 Å². The largest absolute Gasteiger partial charge is 0.479 e. The minimum absolute atomic E-state index is 0.374. The fraction of sp³-hybridized carbons (Fsp3) is 0.429.